The number of furan rings is 1. The summed E-state index contributed by atoms with van der Waals surface area (Å²) in [5.41, 5.74) is 3.04. The first-order valence-corrected chi connectivity index (χ1v) is 12.3. The molecule has 2 heterocycles. The van der Waals surface area contributed by atoms with E-state index in [1.165, 1.54) is 10.9 Å². The topological polar surface area (TPSA) is 59.8 Å². The second-order valence-electron chi connectivity index (χ2n) is 9.89. The van der Waals surface area contributed by atoms with Crippen molar-refractivity contribution in [2.75, 3.05) is 26.3 Å². The van der Waals surface area contributed by atoms with E-state index >= 15 is 0 Å². The third kappa shape index (κ3) is 4.36. The number of carbonyl (C=O) groups is 2. The standard InChI is InChI=1S/C28H33NO4/c1-18-6-8-21(18)28(31)24(9-7-19(2)30)25-17-33-26-11-10-22-20(4-3-5-23(22)27(25)26)16-29-12-14-32-15-13-29/h3-5,10-11,17-18,21,24H,6-9,12-16H2,1-2H3. The van der Waals surface area contributed by atoms with Gasteiger partial charge in [-0.3, -0.25) is 9.69 Å². The summed E-state index contributed by atoms with van der Waals surface area (Å²) in [6.07, 6.45) is 4.80. The van der Waals surface area contributed by atoms with Gasteiger partial charge in [-0.15, -0.1) is 0 Å². The van der Waals surface area contributed by atoms with Crippen LogP contribution in [0.2, 0.25) is 0 Å². The number of ketones is 2. The molecule has 1 saturated carbocycles. The van der Waals surface area contributed by atoms with E-state index in [-0.39, 0.29) is 23.4 Å². The minimum atomic E-state index is -0.295. The zero-order valence-corrected chi connectivity index (χ0v) is 19.6. The lowest BCUT2D eigenvalue weighted by atomic mass is 9.68. The molecule has 33 heavy (non-hydrogen) atoms. The van der Waals surface area contributed by atoms with Gasteiger partial charge in [0, 0.05) is 48.8 Å². The number of rotatable bonds is 8. The van der Waals surface area contributed by atoms with Gasteiger partial charge in [0.25, 0.3) is 0 Å². The second-order valence-corrected chi connectivity index (χ2v) is 9.89. The Hall–Kier alpha value is -2.50. The van der Waals surface area contributed by atoms with E-state index in [0.717, 1.165) is 67.6 Å². The molecule has 0 spiro atoms. The van der Waals surface area contributed by atoms with Crippen LogP contribution >= 0.6 is 0 Å². The highest BCUT2D eigenvalue weighted by molar-refractivity contribution is 6.10. The minimum absolute atomic E-state index is 0.0961. The summed E-state index contributed by atoms with van der Waals surface area (Å²) in [5.74, 6) is 0.626. The average Bonchev–Trinajstić information content (AvgIpc) is 3.23. The first-order chi connectivity index (χ1) is 16.0. The fraction of sp³-hybridized carbons (Fsp3) is 0.500. The molecule has 1 aromatic heterocycles. The van der Waals surface area contributed by atoms with Crippen molar-refractivity contribution in [2.45, 2.75) is 52.0 Å². The Bertz CT molecular complexity index is 1170. The molecule has 0 amide bonds. The zero-order valence-electron chi connectivity index (χ0n) is 19.6. The van der Waals surface area contributed by atoms with Crippen LogP contribution in [-0.4, -0.2) is 42.8 Å². The van der Waals surface area contributed by atoms with Gasteiger partial charge < -0.3 is 13.9 Å². The van der Waals surface area contributed by atoms with Crippen LogP contribution < -0.4 is 0 Å². The number of Topliss-reactive ketones (excluding diaryl/α,β-unsaturated/α-hetero) is 2. The van der Waals surface area contributed by atoms with Crippen LogP contribution in [0.15, 0.2) is 41.0 Å². The van der Waals surface area contributed by atoms with Gasteiger partial charge in [0.2, 0.25) is 0 Å². The van der Waals surface area contributed by atoms with Gasteiger partial charge in [-0.25, -0.2) is 0 Å². The molecule has 3 aromatic rings. The monoisotopic (exact) mass is 447 g/mol. The highest BCUT2D eigenvalue weighted by atomic mass is 16.5. The van der Waals surface area contributed by atoms with Gasteiger partial charge in [0.15, 0.2) is 0 Å². The van der Waals surface area contributed by atoms with Crippen molar-refractivity contribution < 1.29 is 18.7 Å². The number of fused-ring (bicyclic) bond motifs is 3. The second kappa shape index (κ2) is 9.40. The van der Waals surface area contributed by atoms with Crippen LogP contribution in [-0.2, 0) is 20.9 Å². The van der Waals surface area contributed by atoms with Crippen LogP contribution in [0, 0.1) is 11.8 Å². The molecule has 0 bridgehead atoms. The van der Waals surface area contributed by atoms with Crippen molar-refractivity contribution in [3.63, 3.8) is 0 Å². The molecule has 2 fully saturated rings. The molecule has 5 rings (SSSR count). The van der Waals surface area contributed by atoms with E-state index in [4.69, 9.17) is 9.15 Å². The van der Waals surface area contributed by atoms with Crippen molar-refractivity contribution in [1.29, 1.82) is 0 Å². The Morgan fingerprint density at radius 3 is 2.61 bits per heavy atom. The number of nitrogens with zero attached hydrogens (tertiary/aromatic N) is 1. The lowest BCUT2D eigenvalue weighted by molar-refractivity contribution is -0.129. The molecule has 2 aliphatic rings. The first-order valence-electron chi connectivity index (χ1n) is 12.3. The summed E-state index contributed by atoms with van der Waals surface area (Å²) in [4.78, 5) is 27.8. The van der Waals surface area contributed by atoms with Crippen LogP contribution in [0.5, 0.6) is 0 Å². The maximum absolute atomic E-state index is 13.6. The SMILES string of the molecule is CC(=O)CCC(C(=O)C1CCC1C)c1coc2ccc3c(CN4CCOCC4)cccc3c12. The van der Waals surface area contributed by atoms with Crippen molar-refractivity contribution in [3.8, 4) is 0 Å². The Labute approximate surface area is 195 Å². The molecule has 0 N–H and O–H groups in total. The lowest BCUT2D eigenvalue weighted by Gasteiger charge is -2.35. The van der Waals surface area contributed by atoms with E-state index in [0.29, 0.717) is 18.8 Å². The van der Waals surface area contributed by atoms with Gasteiger partial charge in [-0.05, 0) is 54.5 Å². The van der Waals surface area contributed by atoms with Crippen molar-refractivity contribution in [1.82, 2.24) is 4.90 Å². The van der Waals surface area contributed by atoms with Crippen molar-refractivity contribution in [3.05, 3.63) is 47.7 Å². The minimum Gasteiger partial charge on any atom is -0.464 e. The van der Waals surface area contributed by atoms with Crippen LogP contribution in [0.25, 0.3) is 21.7 Å². The van der Waals surface area contributed by atoms with E-state index in [2.05, 4.69) is 36.1 Å². The van der Waals surface area contributed by atoms with Crippen LogP contribution in [0.1, 0.15) is 56.6 Å². The Morgan fingerprint density at radius 2 is 1.91 bits per heavy atom. The summed E-state index contributed by atoms with van der Waals surface area (Å²) in [6.45, 7) is 8.09. The van der Waals surface area contributed by atoms with Gasteiger partial charge >= 0.3 is 0 Å². The van der Waals surface area contributed by atoms with Crippen LogP contribution in [0.4, 0.5) is 0 Å². The predicted octanol–water partition coefficient (Wildman–Crippen LogP) is 5.49. The fourth-order valence-corrected chi connectivity index (χ4v) is 5.53. The molecule has 3 atom stereocenters. The molecular formula is C28H33NO4. The zero-order chi connectivity index (χ0) is 22.9. The smallest absolute Gasteiger partial charge is 0.143 e. The summed E-state index contributed by atoms with van der Waals surface area (Å²) in [7, 11) is 0. The molecule has 1 saturated heterocycles. The quantitative estimate of drug-likeness (QED) is 0.457. The number of carbonyl (C=O) groups excluding carboxylic acids is 2. The molecule has 174 valence electrons. The van der Waals surface area contributed by atoms with E-state index in [1.807, 2.05) is 6.07 Å². The molecule has 5 nitrogen and oxygen atoms in total. The summed E-state index contributed by atoms with van der Waals surface area (Å²) < 4.78 is 11.5. The molecule has 0 radical (unpaired) electrons. The molecule has 5 heteroatoms. The molecule has 1 aliphatic carbocycles. The molecule has 1 aliphatic heterocycles. The predicted molar refractivity (Wildman–Crippen MR) is 129 cm³/mol. The van der Waals surface area contributed by atoms with Gasteiger partial charge in [0.05, 0.1) is 19.5 Å². The maximum Gasteiger partial charge on any atom is 0.143 e. The lowest BCUT2D eigenvalue weighted by Crippen LogP contribution is -2.35. The number of hydrogen-bond donors (Lipinski definition) is 0. The molecule has 2 aromatic carbocycles. The van der Waals surface area contributed by atoms with Gasteiger partial charge in [0.1, 0.15) is 17.1 Å². The van der Waals surface area contributed by atoms with E-state index < -0.39 is 0 Å². The molecule has 3 unspecified atom stereocenters. The van der Waals surface area contributed by atoms with Gasteiger partial charge in [-0.1, -0.05) is 31.2 Å². The number of hydrogen-bond acceptors (Lipinski definition) is 5. The summed E-state index contributed by atoms with van der Waals surface area (Å²) in [5, 5.41) is 3.36. The number of ether oxygens (including phenoxy) is 1. The Balaban J connectivity index is 1.57. The number of morpholine rings is 1. The van der Waals surface area contributed by atoms with Crippen molar-refractivity contribution >= 4 is 33.3 Å². The Kier molecular flexibility index (Phi) is 6.35. The largest absolute Gasteiger partial charge is 0.464 e. The number of benzene rings is 2. The van der Waals surface area contributed by atoms with Crippen molar-refractivity contribution in [2.24, 2.45) is 11.8 Å². The Morgan fingerprint density at radius 1 is 1.09 bits per heavy atom. The average molecular weight is 448 g/mol. The van der Waals surface area contributed by atoms with Crippen LogP contribution in [0.3, 0.4) is 0 Å². The maximum atomic E-state index is 13.6. The normalized spacial score (nSPS) is 22.4. The van der Waals surface area contributed by atoms with Gasteiger partial charge in [-0.2, -0.15) is 0 Å². The third-order valence-electron chi connectivity index (χ3n) is 7.70. The molecular weight excluding hydrogens is 414 g/mol. The first kappa shape index (κ1) is 22.3. The summed E-state index contributed by atoms with van der Waals surface area (Å²) in [6, 6.07) is 10.6. The van der Waals surface area contributed by atoms with E-state index in [1.54, 1.807) is 13.2 Å². The third-order valence-corrected chi connectivity index (χ3v) is 7.70. The highest BCUT2D eigenvalue weighted by Crippen LogP contribution is 2.43. The summed E-state index contributed by atoms with van der Waals surface area (Å²) >= 11 is 0. The fourth-order valence-electron chi connectivity index (χ4n) is 5.53. The highest BCUT2D eigenvalue weighted by Gasteiger charge is 2.38. The van der Waals surface area contributed by atoms with E-state index in [9.17, 15) is 9.59 Å².